The summed E-state index contributed by atoms with van der Waals surface area (Å²) in [6, 6.07) is 0. The van der Waals surface area contributed by atoms with E-state index < -0.39 is 15.9 Å². The first-order valence-corrected chi connectivity index (χ1v) is 4.37. The van der Waals surface area contributed by atoms with Crippen molar-refractivity contribution in [2.75, 3.05) is 6.61 Å². The van der Waals surface area contributed by atoms with E-state index in [-0.39, 0.29) is 13.0 Å². The van der Waals surface area contributed by atoms with Gasteiger partial charge in [0.25, 0.3) is 0 Å². The molecule has 6 heteroatoms. The van der Waals surface area contributed by atoms with Crippen molar-refractivity contribution in [2.24, 2.45) is 0 Å². The summed E-state index contributed by atoms with van der Waals surface area (Å²) in [5.74, 6) is -0.983. The molecule has 76 valence electrons. The van der Waals surface area contributed by atoms with Crippen molar-refractivity contribution in [1.29, 1.82) is 0 Å². The molecule has 0 saturated heterocycles. The van der Waals surface area contributed by atoms with Gasteiger partial charge in [0.1, 0.15) is 0 Å². The largest absolute Gasteiger partial charge is 0.460 e. The number of alkyl halides is 1. The lowest BCUT2D eigenvalue weighted by molar-refractivity contribution is -0.529. The van der Waals surface area contributed by atoms with E-state index in [1.165, 1.54) is 0 Å². The predicted octanol–water partition coefficient (Wildman–Crippen LogP) is 1.56. The quantitative estimate of drug-likeness (QED) is 0.227. The molecule has 0 radical (unpaired) electrons. The zero-order valence-electron chi connectivity index (χ0n) is 7.58. The lowest BCUT2D eigenvalue weighted by Gasteiger charge is -2.15. The van der Waals surface area contributed by atoms with Gasteiger partial charge in [0.15, 0.2) is 0 Å². The highest BCUT2D eigenvalue weighted by molar-refractivity contribution is 6.32. The fraction of sp³-hybridized carbons (Fsp3) is 0.857. The van der Waals surface area contributed by atoms with Gasteiger partial charge >= 0.3 is 11.0 Å². The van der Waals surface area contributed by atoms with Crippen molar-refractivity contribution in [1.82, 2.24) is 0 Å². The molecule has 0 bridgehead atoms. The number of nitrogens with zero attached hydrogens (tertiary/aromatic N) is 1. The molecule has 5 nitrogen and oxygen atoms in total. The first kappa shape index (κ1) is 12.2. The first-order chi connectivity index (χ1) is 5.99. The van der Waals surface area contributed by atoms with Crippen molar-refractivity contribution in [3.63, 3.8) is 0 Å². The molecule has 0 fully saturated rings. The molecule has 0 aromatic carbocycles. The molecule has 0 saturated carbocycles. The Hall–Kier alpha value is -0.840. The highest BCUT2D eigenvalue weighted by Gasteiger charge is 2.49. The second-order valence-electron chi connectivity index (χ2n) is 2.49. The monoisotopic (exact) mass is 209 g/mol. The maximum absolute atomic E-state index is 11.1. The minimum atomic E-state index is -2.11. The summed E-state index contributed by atoms with van der Waals surface area (Å²) >= 11 is 5.53. The van der Waals surface area contributed by atoms with E-state index in [1.807, 2.05) is 0 Å². The molecular weight excluding hydrogens is 198 g/mol. The third kappa shape index (κ3) is 2.84. The molecule has 0 spiro atoms. The van der Waals surface area contributed by atoms with E-state index in [0.29, 0.717) is 6.42 Å². The molecule has 0 aliphatic carbocycles. The van der Waals surface area contributed by atoms with Crippen LogP contribution in [0.1, 0.15) is 26.7 Å². The van der Waals surface area contributed by atoms with Crippen LogP contribution in [0, 0.1) is 10.1 Å². The molecule has 0 aliphatic rings. The van der Waals surface area contributed by atoms with E-state index in [1.54, 1.807) is 13.8 Å². The van der Waals surface area contributed by atoms with Gasteiger partial charge in [-0.05, 0) is 24.9 Å². The normalized spacial score (nSPS) is 14.7. The van der Waals surface area contributed by atoms with Gasteiger partial charge in [0.2, 0.25) is 0 Å². The average molecular weight is 210 g/mol. The van der Waals surface area contributed by atoms with Gasteiger partial charge in [-0.15, -0.1) is 0 Å². The van der Waals surface area contributed by atoms with Crippen molar-refractivity contribution in [2.45, 2.75) is 31.7 Å². The smallest absolute Gasteiger partial charge is 0.401 e. The second kappa shape index (κ2) is 5.01. The Labute approximate surface area is 81.2 Å². The van der Waals surface area contributed by atoms with Crippen LogP contribution >= 0.6 is 11.6 Å². The highest BCUT2D eigenvalue weighted by Crippen LogP contribution is 2.24. The number of rotatable bonds is 5. The lowest BCUT2D eigenvalue weighted by atomic mass is 10.2. The highest BCUT2D eigenvalue weighted by atomic mass is 35.5. The maximum Gasteiger partial charge on any atom is 0.401 e. The number of nitro groups is 1. The van der Waals surface area contributed by atoms with Gasteiger partial charge in [-0.1, -0.05) is 6.92 Å². The Bertz CT molecular complexity index is 209. The van der Waals surface area contributed by atoms with Crippen molar-refractivity contribution in [3.05, 3.63) is 10.1 Å². The molecule has 0 N–H and O–H groups in total. The molecule has 0 aromatic rings. The molecule has 0 aromatic heterocycles. The summed E-state index contributed by atoms with van der Waals surface area (Å²) in [6.45, 7) is 3.37. The average Bonchev–Trinajstić information content (AvgIpc) is 2.04. The Balaban J connectivity index is 4.57. The number of hydrogen-bond acceptors (Lipinski definition) is 4. The van der Waals surface area contributed by atoms with Crippen LogP contribution in [-0.2, 0) is 9.53 Å². The minimum Gasteiger partial charge on any atom is -0.460 e. The van der Waals surface area contributed by atoms with Crippen LogP contribution in [0.3, 0.4) is 0 Å². The third-order valence-electron chi connectivity index (χ3n) is 1.46. The molecule has 0 aliphatic heterocycles. The number of carbonyl (C=O) groups is 1. The lowest BCUT2D eigenvalue weighted by Crippen LogP contribution is -2.42. The van der Waals surface area contributed by atoms with E-state index in [2.05, 4.69) is 4.74 Å². The van der Waals surface area contributed by atoms with Gasteiger partial charge in [-0.25, -0.2) is 4.79 Å². The SMILES string of the molecule is CCCC(Cl)(C(=O)OCC)[N+](=O)[O-]. The van der Waals surface area contributed by atoms with Crippen molar-refractivity contribution < 1.29 is 14.5 Å². The van der Waals surface area contributed by atoms with Crippen LogP contribution in [-0.4, -0.2) is 22.5 Å². The summed E-state index contributed by atoms with van der Waals surface area (Å²) in [7, 11) is 0. The van der Waals surface area contributed by atoms with Crippen LogP contribution < -0.4 is 0 Å². The van der Waals surface area contributed by atoms with Crippen LogP contribution in [0.25, 0.3) is 0 Å². The third-order valence-corrected chi connectivity index (χ3v) is 1.94. The van der Waals surface area contributed by atoms with E-state index in [9.17, 15) is 14.9 Å². The molecule has 1 atom stereocenters. The van der Waals surface area contributed by atoms with Crippen molar-refractivity contribution >= 4 is 17.6 Å². The number of ether oxygens (including phenoxy) is 1. The molecule has 1 unspecified atom stereocenters. The fourth-order valence-corrected chi connectivity index (χ4v) is 1.08. The van der Waals surface area contributed by atoms with E-state index in [4.69, 9.17) is 11.6 Å². The first-order valence-electron chi connectivity index (χ1n) is 3.99. The summed E-state index contributed by atoms with van der Waals surface area (Å²) in [6.07, 6.45) is 0.420. The van der Waals surface area contributed by atoms with E-state index >= 15 is 0 Å². The Morgan fingerprint density at radius 3 is 2.46 bits per heavy atom. The second-order valence-corrected chi connectivity index (χ2v) is 3.11. The van der Waals surface area contributed by atoms with Crippen LogP contribution in [0.5, 0.6) is 0 Å². The van der Waals surface area contributed by atoms with E-state index in [0.717, 1.165) is 0 Å². The Morgan fingerprint density at radius 1 is 1.62 bits per heavy atom. The molecule has 13 heavy (non-hydrogen) atoms. The Morgan fingerprint density at radius 2 is 2.15 bits per heavy atom. The zero-order chi connectivity index (χ0) is 10.5. The van der Waals surface area contributed by atoms with Gasteiger partial charge in [0.05, 0.1) is 11.5 Å². The van der Waals surface area contributed by atoms with Gasteiger partial charge in [0, 0.05) is 6.42 Å². The number of halogens is 1. The van der Waals surface area contributed by atoms with Crippen LogP contribution in [0.2, 0.25) is 0 Å². The summed E-state index contributed by atoms with van der Waals surface area (Å²) in [5.41, 5.74) is 0. The molecule has 0 rings (SSSR count). The number of carbonyl (C=O) groups excluding carboxylic acids is 1. The summed E-state index contributed by atoms with van der Waals surface area (Å²) in [4.78, 5) is 18.7. The van der Waals surface area contributed by atoms with Gasteiger partial charge < -0.3 is 4.74 Å². The topological polar surface area (TPSA) is 69.4 Å². The Kier molecular flexibility index (Phi) is 4.69. The van der Waals surface area contributed by atoms with Crippen LogP contribution in [0.15, 0.2) is 0 Å². The van der Waals surface area contributed by atoms with Crippen LogP contribution in [0.4, 0.5) is 0 Å². The molecule has 0 amide bonds. The summed E-state index contributed by atoms with van der Waals surface area (Å²) < 4.78 is 4.51. The van der Waals surface area contributed by atoms with Crippen molar-refractivity contribution in [3.8, 4) is 0 Å². The fourth-order valence-electron chi connectivity index (χ4n) is 0.841. The van der Waals surface area contributed by atoms with Gasteiger partial charge in [-0.2, -0.15) is 0 Å². The maximum atomic E-state index is 11.1. The number of hydrogen-bond donors (Lipinski definition) is 0. The number of esters is 1. The minimum absolute atomic E-state index is 0.0274. The standard InChI is InChI=1S/C7H12ClNO4/c1-3-5-7(8,9(11)12)6(10)13-4-2/h3-5H2,1-2H3. The van der Waals surface area contributed by atoms with Gasteiger partial charge in [-0.3, -0.25) is 10.1 Å². The summed E-state index contributed by atoms with van der Waals surface area (Å²) in [5, 5.41) is 10.5. The molecule has 0 heterocycles. The molecular formula is C7H12ClNO4. The predicted molar refractivity (Wildman–Crippen MR) is 47.1 cm³/mol. The zero-order valence-corrected chi connectivity index (χ0v) is 8.34.